The molecular weight excluding hydrogens is 431 g/mol. The van der Waals surface area contributed by atoms with Crippen LogP contribution in [-0.2, 0) is 12.8 Å². The van der Waals surface area contributed by atoms with Crippen molar-refractivity contribution < 1.29 is 22.6 Å². The summed E-state index contributed by atoms with van der Waals surface area (Å²) in [7, 11) is 3.07. The monoisotopic (exact) mass is 449 g/mol. The number of benzene rings is 2. The van der Waals surface area contributed by atoms with Gasteiger partial charge in [0, 0.05) is 5.69 Å². The Morgan fingerprint density at radius 2 is 1.87 bits per heavy atom. The van der Waals surface area contributed by atoms with Crippen LogP contribution in [0.5, 0.6) is 11.5 Å². The lowest BCUT2D eigenvalue weighted by atomic mass is 10.2. The van der Waals surface area contributed by atoms with Crippen LogP contribution in [0.2, 0.25) is 0 Å². The summed E-state index contributed by atoms with van der Waals surface area (Å²) in [6.07, 6.45) is -2.71. The van der Waals surface area contributed by atoms with Gasteiger partial charge in [0.05, 0.1) is 24.3 Å². The third-order valence-corrected chi connectivity index (χ3v) is 5.87. The molecule has 0 saturated heterocycles. The van der Waals surface area contributed by atoms with Gasteiger partial charge in [0.15, 0.2) is 16.3 Å². The molecule has 0 spiro atoms. The Labute approximate surface area is 179 Å². The molecule has 3 aromatic rings. The van der Waals surface area contributed by atoms with E-state index in [2.05, 4.69) is 4.99 Å². The molecule has 10 heteroatoms. The number of rotatable bonds is 4. The van der Waals surface area contributed by atoms with Gasteiger partial charge in [-0.2, -0.15) is 13.2 Å². The summed E-state index contributed by atoms with van der Waals surface area (Å²) in [5.41, 5.74) is 0.113. The molecule has 1 aliphatic heterocycles. The Balaban J connectivity index is 1.68. The van der Waals surface area contributed by atoms with E-state index in [1.807, 2.05) is 0 Å². The Morgan fingerprint density at radius 3 is 2.58 bits per heavy atom. The van der Waals surface area contributed by atoms with Crippen LogP contribution >= 0.6 is 11.3 Å². The fourth-order valence-electron chi connectivity index (χ4n) is 3.25. The number of hydrogen-bond acceptors (Lipinski definition) is 6. The van der Waals surface area contributed by atoms with E-state index in [4.69, 9.17) is 9.47 Å². The van der Waals surface area contributed by atoms with Crippen LogP contribution in [0, 0.1) is 0 Å². The first kappa shape index (κ1) is 21.0. The number of ether oxygens (including phenoxy) is 2. The lowest BCUT2D eigenvalue weighted by molar-refractivity contribution is -0.137. The van der Waals surface area contributed by atoms with E-state index < -0.39 is 11.7 Å². The molecule has 4 rings (SSSR count). The van der Waals surface area contributed by atoms with Crippen LogP contribution in [0.15, 0.2) is 52.3 Å². The molecule has 0 unspecified atom stereocenters. The molecule has 0 fully saturated rings. The van der Waals surface area contributed by atoms with Crippen molar-refractivity contribution in [2.75, 3.05) is 25.8 Å². The molecule has 1 aliphatic rings. The molecule has 0 radical (unpaired) electrons. The van der Waals surface area contributed by atoms with Crippen molar-refractivity contribution >= 4 is 23.1 Å². The SMILES string of the molecule is COc1ccc(/C=c2/sc3n(c2=O)CN(c2cccc(C(F)(F)F)c2)CN=3)cc1OC. The zero-order chi connectivity index (χ0) is 22.2. The summed E-state index contributed by atoms with van der Waals surface area (Å²) in [4.78, 5) is 19.5. The standard InChI is InChI=1S/C21H18F3N3O3S/c1-29-16-7-6-13(8-17(16)30-2)9-18-19(28)27-12-26(11-25-20(27)31-18)15-5-3-4-14(10-15)21(22,23)24/h3-10H,11-12H2,1-2H3/b18-9+. The summed E-state index contributed by atoms with van der Waals surface area (Å²) in [6, 6.07) is 10.3. The fraction of sp³-hybridized carbons (Fsp3) is 0.238. The van der Waals surface area contributed by atoms with Gasteiger partial charge in [-0.25, -0.2) is 4.99 Å². The number of alkyl halides is 3. The molecule has 0 atom stereocenters. The average Bonchev–Trinajstić information content (AvgIpc) is 3.07. The molecule has 31 heavy (non-hydrogen) atoms. The number of aromatic nitrogens is 1. The van der Waals surface area contributed by atoms with Gasteiger partial charge >= 0.3 is 6.18 Å². The van der Waals surface area contributed by atoms with Crippen LogP contribution in [-0.4, -0.2) is 25.5 Å². The van der Waals surface area contributed by atoms with Gasteiger partial charge in [0.1, 0.15) is 13.3 Å². The smallest absolute Gasteiger partial charge is 0.416 e. The average molecular weight is 449 g/mol. The third kappa shape index (κ3) is 4.15. The van der Waals surface area contributed by atoms with Crippen LogP contribution in [0.25, 0.3) is 6.08 Å². The number of nitrogens with zero attached hydrogens (tertiary/aromatic N) is 3. The molecule has 0 amide bonds. The van der Waals surface area contributed by atoms with Gasteiger partial charge in [0.25, 0.3) is 5.56 Å². The lowest BCUT2D eigenvalue weighted by Crippen LogP contribution is -2.42. The minimum absolute atomic E-state index is 0.120. The van der Waals surface area contributed by atoms with Gasteiger partial charge in [-0.1, -0.05) is 23.5 Å². The predicted molar refractivity (Wildman–Crippen MR) is 111 cm³/mol. The molecule has 0 aliphatic carbocycles. The second-order valence-electron chi connectivity index (χ2n) is 6.77. The summed E-state index contributed by atoms with van der Waals surface area (Å²) < 4.78 is 51.5. The van der Waals surface area contributed by atoms with E-state index in [0.29, 0.717) is 26.5 Å². The minimum atomic E-state index is -4.44. The van der Waals surface area contributed by atoms with E-state index in [1.54, 1.807) is 42.4 Å². The van der Waals surface area contributed by atoms with Crippen LogP contribution < -0.4 is 29.3 Å². The first-order valence-corrected chi connectivity index (χ1v) is 10.0. The van der Waals surface area contributed by atoms with Gasteiger partial charge in [-0.05, 0) is 42.0 Å². The summed E-state index contributed by atoms with van der Waals surface area (Å²) in [5, 5.41) is 0. The summed E-state index contributed by atoms with van der Waals surface area (Å²) >= 11 is 1.23. The Morgan fingerprint density at radius 1 is 1.10 bits per heavy atom. The maximum atomic E-state index is 13.0. The Hall–Kier alpha value is -3.27. The van der Waals surface area contributed by atoms with Gasteiger partial charge in [-0.3, -0.25) is 9.36 Å². The topological polar surface area (TPSA) is 56.1 Å². The van der Waals surface area contributed by atoms with Gasteiger partial charge < -0.3 is 14.4 Å². The largest absolute Gasteiger partial charge is 0.493 e. The molecule has 6 nitrogen and oxygen atoms in total. The van der Waals surface area contributed by atoms with E-state index in [1.165, 1.54) is 29.1 Å². The zero-order valence-electron chi connectivity index (χ0n) is 16.6. The first-order valence-electron chi connectivity index (χ1n) is 9.20. The van der Waals surface area contributed by atoms with Crippen LogP contribution in [0.4, 0.5) is 18.9 Å². The fourth-order valence-corrected chi connectivity index (χ4v) is 4.21. The zero-order valence-corrected chi connectivity index (χ0v) is 17.5. The van der Waals surface area contributed by atoms with Crippen molar-refractivity contribution in [3.8, 4) is 11.5 Å². The molecule has 1 aromatic heterocycles. The first-order chi connectivity index (χ1) is 14.8. The van der Waals surface area contributed by atoms with Crippen LogP contribution in [0.3, 0.4) is 0 Å². The number of fused-ring (bicyclic) bond motifs is 1. The Bertz CT molecular complexity index is 1300. The van der Waals surface area contributed by atoms with Crippen molar-refractivity contribution in [3.05, 3.63) is 73.3 Å². The number of thiazole rings is 1. The maximum Gasteiger partial charge on any atom is 0.416 e. The normalized spacial score (nSPS) is 14.2. The highest BCUT2D eigenvalue weighted by Gasteiger charge is 2.31. The third-order valence-electron chi connectivity index (χ3n) is 4.82. The van der Waals surface area contributed by atoms with Crippen molar-refractivity contribution in [2.24, 2.45) is 4.99 Å². The molecule has 162 valence electrons. The van der Waals surface area contributed by atoms with Crippen molar-refractivity contribution in [3.63, 3.8) is 0 Å². The lowest BCUT2D eigenvalue weighted by Gasteiger charge is -2.26. The quantitative estimate of drug-likeness (QED) is 0.615. The molecule has 0 bridgehead atoms. The molecule has 0 N–H and O–H groups in total. The molecular formula is C21H18F3N3O3S. The van der Waals surface area contributed by atoms with E-state index in [0.717, 1.165) is 17.7 Å². The second kappa shape index (κ2) is 8.10. The Kier molecular flexibility index (Phi) is 5.48. The summed E-state index contributed by atoms with van der Waals surface area (Å²) in [5.74, 6) is 1.12. The number of methoxy groups -OCH3 is 2. The molecule has 2 aromatic carbocycles. The molecule has 0 saturated carbocycles. The van der Waals surface area contributed by atoms with Crippen molar-refractivity contribution in [1.29, 1.82) is 0 Å². The van der Waals surface area contributed by atoms with Crippen LogP contribution in [0.1, 0.15) is 11.1 Å². The van der Waals surface area contributed by atoms with Crippen molar-refractivity contribution in [1.82, 2.24) is 4.57 Å². The summed E-state index contributed by atoms with van der Waals surface area (Å²) in [6.45, 7) is 0.284. The maximum absolute atomic E-state index is 13.0. The van der Waals surface area contributed by atoms with E-state index >= 15 is 0 Å². The minimum Gasteiger partial charge on any atom is -0.493 e. The highest BCUT2D eigenvalue weighted by Crippen LogP contribution is 2.32. The highest BCUT2D eigenvalue weighted by atomic mass is 32.1. The predicted octanol–water partition coefficient (Wildman–Crippen LogP) is 2.83. The number of halogens is 3. The number of hydrogen-bond donors (Lipinski definition) is 0. The second-order valence-corrected chi connectivity index (χ2v) is 7.78. The van der Waals surface area contributed by atoms with Crippen molar-refractivity contribution in [2.45, 2.75) is 12.8 Å². The highest BCUT2D eigenvalue weighted by molar-refractivity contribution is 7.07. The van der Waals surface area contributed by atoms with E-state index in [-0.39, 0.29) is 18.9 Å². The van der Waals surface area contributed by atoms with Gasteiger partial charge in [0.2, 0.25) is 0 Å². The molecule has 2 heterocycles. The number of anilines is 1. The van der Waals surface area contributed by atoms with Gasteiger partial charge in [-0.15, -0.1) is 0 Å². The van der Waals surface area contributed by atoms with E-state index in [9.17, 15) is 18.0 Å².